The summed E-state index contributed by atoms with van der Waals surface area (Å²) in [6.45, 7) is 6.56. The summed E-state index contributed by atoms with van der Waals surface area (Å²) in [6, 6.07) is 5.74. The molecule has 0 saturated heterocycles. The Balaban J connectivity index is 2.06. The summed E-state index contributed by atoms with van der Waals surface area (Å²) in [6.07, 6.45) is 1.49. The van der Waals surface area contributed by atoms with Gasteiger partial charge in [0.1, 0.15) is 12.0 Å². The SMILES string of the molecule is CC(=O)NCc1cccc(-c2coc(NC(N)=NCC(C)C)n2)n1. The molecule has 8 heteroatoms. The van der Waals surface area contributed by atoms with E-state index in [1.165, 1.54) is 13.2 Å². The summed E-state index contributed by atoms with van der Waals surface area (Å²) in [5.74, 6) is 0.566. The molecule has 128 valence electrons. The van der Waals surface area contributed by atoms with Gasteiger partial charge in [-0.1, -0.05) is 19.9 Å². The van der Waals surface area contributed by atoms with E-state index in [0.29, 0.717) is 30.4 Å². The van der Waals surface area contributed by atoms with Crippen molar-refractivity contribution in [3.8, 4) is 11.4 Å². The topological polar surface area (TPSA) is 118 Å². The highest BCUT2D eigenvalue weighted by Gasteiger charge is 2.09. The molecule has 2 heterocycles. The van der Waals surface area contributed by atoms with Gasteiger partial charge in [0.25, 0.3) is 0 Å². The molecular formula is C16H22N6O2. The van der Waals surface area contributed by atoms with Crippen molar-refractivity contribution in [3.63, 3.8) is 0 Å². The number of pyridine rings is 1. The van der Waals surface area contributed by atoms with Gasteiger partial charge in [-0.2, -0.15) is 4.98 Å². The zero-order chi connectivity index (χ0) is 17.5. The summed E-state index contributed by atoms with van der Waals surface area (Å²) in [5, 5.41) is 5.51. The lowest BCUT2D eigenvalue weighted by atomic mass is 10.2. The molecule has 8 nitrogen and oxygen atoms in total. The lowest BCUT2D eigenvalue weighted by Crippen LogP contribution is -2.23. The van der Waals surface area contributed by atoms with Crippen molar-refractivity contribution >= 4 is 17.9 Å². The van der Waals surface area contributed by atoms with Gasteiger partial charge in [-0.05, 0) is 18.1 Å². The van der Waals surface area contributed by atoms with Crippen molar-refractivity contribution in [2.24, 2.45) is 16.6 Å². The molecule has 0 saturated carbocycles. The van der Waals surface area contributed by atoms with Crippen molar-refractivity contribution in [3.05, 3.63) is 30.2 Å². The first-order chi connectivity index (χ1) is 11.4. The van der Waals surface area contributed by atoms with Crippen LogP contribution in [0.15, 0.2) is 33.9 Å². The highest BCUT2D eigenvalue weighted by Crippen LogP contribution is 2.19. The number of aromatic nitrogens is 2. The Morgan fingerprint density at radius 1 is 1.33 bits per heavy atom. The van der Waals surface area contributed by atoms with Crippen LogP contribution in [0.3, 0.4) is 0 Å². The Hall–Kier alpha value is -2.90. The van der Waals surface area contributed by atoms with Gasteiger partial charge in [0, 0.05) is 13.5 Å². The molecule has 4 N–H and O–H groups in total. The molecule has 0 atom stereocenters. The number of amides is 1. The van der Waals surface area contributed by atoms with Crippen molar-refractivity contribution in [1.29, 1.82) is 0 Å². The molecule has 0 aromatic carbocycles. The first-order valence-corrected chi connectivity index (χ1v) is 7.67. The largest absolute Gasteiger partial charge is 0.431 e. The molecular weight excluding hydrogens is 308 g/mol. The van der Waals surface area contributed by atoms with Crippen LogP contribution in [0.1, 0.15) is 26.5 Å². The van der Waals surface area contributed by atoms with Crippen molar-refractivity contribution < 1.29 is 9.21 Å². The van der Waals surface area contributed by atoms with Gasteiger partial charge in [0.2, 0.25) is 5.91 Å². The predicted molar refractivity (Wildman–Crippen MR) is 92.2 cm³/mol. The monoisotopic (exact) mass is 330 g/mol. The summed E-state index contributed by atoms with van der Waals surface area (Å²) in [7, 11) is 0. The second-order valence-corrected chi connectivity index (χ2v) is 5.71. The fraction of sp³-hybridized carbons (Fsp3) is 0.375. The minimum Gasteiger partial charge on any atom is -0.431 e. The van der Waals surface area contributed by atoms with Crippen LogP contribution in [0.2, 0.25) is 0 Å². The van der Waals surface area contributed by atoms with E-state index in [1.807, 2.05) is 18.2 Å². The normalized spacial score (nSPS) is 11.6. The van der Waals surface area contributed by atoms with Crippen LogP contribution in [-0.4, -0.2) is 28.4 Å². The summed E-state index contributed by atoms with van der Waals surface area (Å²) in [5.41, 5.74) is 7.73. The van der Waals surface area contributed by atoms with Gasteiger partial charge in [-0.15, -0.1) is 0 Å². The molecule has 2 aromatic rings. The molecule has 24 heavy (non-hydrogen) atoms. The Labute approximate surface area is 140 Å². The smallest absolute Gasteiger partial charge is 0.302 e. The lowest BCUT2D eigenvalue weighted by molar-refractivity contribution is -0.119. The summed E-state index contributed by atoms with van der Waals surface area (Å²) >= 11 is 0. The summed E-state index contributed by atoms with van der Waals surface area (Å²) in [4.78, 5) is 23.9. The molecule has 2 aromatic heterocycles. The molecule has 0 aliphatic heterocycles. The molecule has 1 amide bonds. The van der Waals surface area contributed by atoms with E-state index in [1.54, 1.807) is 0 Å². The number of carbonyl (C=O) groups excluding carboxylic acids is 1. The van der Waals surface area contributed by atoms with Crippen molar-refractivity contribution in [2.45, 2.75) is 27.3 Å². The molecule has 0 radical (unpaired) electrons. The average molecular weight is 330 g/mol. The van der Waals surface area contributed by atoms with E-state index >= 15 is 0 Å². The number of nitrogens with zero attached hydrogens (tertiary/aromatic N) is 3. The average Bonchev–Trinajstić information content (AvgIpc) is 3.00. The molecule has 0 unspecified atom stereocenters. The second-order valence-electron chi connectivity index (χ2n) is 5.71. The van der Waals surface area contributed by atoms with Gasteiger partial charge >= 0.3 is 6.01 Å². The van der Waals surface area contributed by atoms with E-state index in [2.05, 4.69) is 39.4 Å². The first kappa shape index (κ1) is 17.5. The van der Waals surface area contributed by atoms with Crippen LogP contribution in [0.5, 0.6) is 0 Å². The van der Waals surface area contributed by atoms with Gasteiger partial charge in [0.15, 0.2) is 5.96 Å². The number of aliphatic imine (C=N–C) groups is 1. The highest BCUT2D eigenvalue weighted by atomic mass is 16.4. The number of guanidine groups is 1. The van der Waals surface area contributed by atoms with E-state index in [-0.39, 0.29) is 17.9 Å². The Morgan fingerprint density at radius 3 is 2.83 bits per heavy atom. The molecule has 0 fully saturated rings. The number of nitrogens with one attached hydrogen (secondary N) is 2. The predicted octanol–water partition coefficient (Wildman–Crippen LogP) is 1.76. The molecule has 0 aliphatic rings. The third-order valence-corrected chi connectivity index (χ3v) is 2.95. The number of rotatable bonds is 6. The van der Waals surface area contributed by atoms with Crippen molar-refractivity contribution in [1.82, 2.24) is 15.3 Å². The minimum atomic E-state index is -0.105. The number of carbonyl (C=O) groups is 1. The number of hydrogen-bond acceptors (Lipinski definition) is 5. The van der Waals surface area contributed by atoms with E-state index in [0.717, 1.165) is 5.69 Å². The van der Waals surface area contributed by atoms with Crippen LogP contribution in [0.25, 0.3) is 11.4 Å². The third-order valence-electron chi connectivity index (χ3n) is 2.95. The zero-order valence-corrected chi connectivity index (χ0v) is 14.0. The fourth-order valence-electron chi connectivity index (χ4n) is 1.81. The standard InChI is InChI=1S/C16H22N6O2/c1-10(2)7-19-15(17)22-16-21-14(9-24-16)13-6-4-5-12(20-13)8-18-11(3)23/h4-6,9-10H,7-8H2,1-3H3,(H,18,23)(H3,17,19,21,22). The maximum Gasteiger partial charge on any atom is 0.302 e. The second kappa shape index (κ2) is 8.09. The van der Waals surface area contributed by atoms with Crippen LogP contribution < -0.4 is 16.4 Å². The quantitative estimate of drug-likeness (QED) is 0.548. The zero-order valence-electron chi connectivity index (χ0n) is 14.0. The number of hydrogen-bond donors (Lipinski definition) is 3. The maximum absolute atomic E-state index is 11.0. The van der Waals surface area contributed by atoms with Gasteiger partial charge in [0.05, 0.1) is 17.9 Å². The van der Waals surface area contributed by atoms with Crippen LogP contribution in [0, 0.1) is 5.92 Å². The highest BCUT2D eigenvalue weighted by molar-refractivity contribution is 5.90. The first-order valence-electron chi connectivity index (χ1n) is 7.67. The van der Waals surface area contributed by atoms with Gasteiger partial charge in [-0.3, -0.25) is 15.1 Å². The number of anilines is 1. The van der Waals surface area contributed by atoms with E-state index in [9.17, 15) is 4.79 Å². The van der Waals surface area contributed by atoms with Crippen LogP contribution in [0.4, 0.5) is 6.01 Å². The maximum atomic E-state index is 11.0. The Kier molecular flexibility index (Phi) is 5.89. The Morgan fingerprint density at radius 2 is 2.12 bits per heavy atom. The molecule has 0 bridgehead atoms. The fourth-order valence-corrected chi connectivity index (χ4v) is 1.81. The Bertz CT molecular complexity index is 723. The third kappa shape index (κ3) is 5.38. The van der Waals surface area contributed by atoms with E-state index < -0.39 is 0 Å². The van der Waals surface area contributed by atoms with Gasteiger partial charge < -0.3 is 15.5 Å². The van der Waals surface area contributed by atoms with Crippen molar-refractivity contribution in [2.75, 3.05) is 11.9 Å². The van der Waals surface area contributed by atoms with Gasteiger partial charge in [-0.25, -0.2) is 4.98 Å². The molecule has 0 aliphatic carbocycles. The molecule has 2 rings (SSSR count). The lowest BCUT2D eigenvalue weighted by Gasteiger charge is -2.03. The van der Waals surface area contributed by atoms with Crippen LogP contribution in [-0.2, 0) is 11.3 Å². The number of nitrogens with two attached hydrogens (primary N) is 1. The number of oxazole rings is 1. The van der Waals surface area contributed by atoms with Crippen LogP contribution >= 0.6 is 0 Å². The summed E-state index contributed by atoms with van der Waals surface area (Å²) < 4.78 is 5.34. The van der Waals surface area contributed by atoms with E-state index in [4.69, 9.17) is 10.2 Å². The molecule has 0 spiro atoms. The minimum absolute atomic E-state index is 0.105.